The Morgan fingerprint density at radius 1 is 1.41 bits per heavy atom. The van der Waals surface area contributed by atoms with Gasteiger partial charge in [0.1, 0.15) is 5.75 Å². The van der Waals surface area contributed by atoms with Crippen LogP contribution in [0.25, 0.3) is 0 Å². The molecule has 1 aliphatic carbocycles. The number of nitrogens with one attached hydrogen (secondary N) is 1. The molecule has 4 heteroatoms. The number of hydrogen-bond acceptors (Lipinski definition) is 2. The van der Waals surface area contributed by atoms with Crippen LogP contribution in [0.5, 0.6) is 5.75 Å². The molecular weight excluding hydrogens is 241 g/mol. The van der Waals surface area contributed by atoms with Crippen molar-refractivity contribution in [2.24, 2.45) is 0 Å². The van der Waals surface area contributed by atoms with E-state index in [-0.39, 0.29) is 6.67 Å². The molecule has 0 amide bonds. The molecule has 0 saturated heterocycles. The van der Waals surface area contributed by atoms with E-state index in [1.54, 1.807) is 0 Å². The Bertz CT molecular complexity index is 368. The van der Waals surface area contributed by atoms with Crippen molar-refractivity contribution >= 4 is 11.6 Å². The quantitative estimate of drug-likeness (QED) is 0.757. The third-order valence-corrected chi connectivity index (χ3v) is 3.00. The van der Waals surface area contributed by atoms with Crippen LogP contribution < -0.4 is 10.1 Å². The zero-order valence-corrected chi connectivity index (χ0v) is 10.5. The average Bonchev–Trinajstić information content (AvgIpc) is 3.13. The maximum absolute atomic E-state index is 11.9. The van der Waals surface area contributed by atoms with E-state index in [9.17, 15) is 4.39 Å². The summed E-state index contributed by atoms with van der Waals surface area (Å²) in [6.45, 7) is 0.853. The predicted octanol–water partition coefficient (Wildman–Crippen LogP) is 3.33. The third kappa shape index (κ3) is 4.17. The highest BCUT2D eigenvalue weighted by Gasteiger charge is 2.19. The zero-order valence-electron chi connectivity index (χ0n) is 9.72. The van der Waals surface area contributed by atoms with Crippen LogP contribution in [0.4, 0.5) is 4.39 Å². The summed E-state index contributed by atoms with van der Waals surface area (Å²) in [5.74, 6) is 0.635. The summed E-state index contributed by atoms with van der Waals surface area (Å²) in [7, 11) is 0. The fraction of sp³-hybridized carbons (Fsp3) is 0.538. The second kappa shape index (κ2) is 6.22. The summed E-state index contributed by atoms with van der Waals surface area (Å²) >= 11 is 6.09. The standard InChI is InChI=1S/C13H17ClFNO/c14-12-8-10(9-16-11-3-4-11)2-5-13(12)17-7-1-6-15/h2,5,8,11,16H,1,3-4,6-7,9H2. The lowest BCUT2D eigenvalue weighted by Crippen LogP contribution is -2.15. The van der Waals surface area contributed by atoms with Crippen LogP contribution in [0.2, 0.25) is 5.02 Å². The van der Waals surface area contributed by atoms with Crippen LogP contribution in [-0.2, 0) is 6.54 Å². The largest absolute Gasteiger partial charge is 0.492 e. The second-order valence-electron chi connectivity index (χ2n) is 4.31. The minimum atomic E-state index is -0.360. The molecule has 94 valence electrons. The van der Waals surface area contributed by atoms with Gasteiger partial charge in [-0.25, -0.2) is 0 Å². The van der Waals surface area contributed by atoms with Crippen molar-refractivity contribution in [2.75, 3.05) is 13.3 Å². The lowest BCUT2D eigenvalue weighted by atomic mass is 10.2. The molecule has 1 N–H and O–H groups in total. The van der Waals surface area contributed by atoms with Crippen molar-refractivity contribution in [3.8, 4) is 5.75 Å². The van der Waals surface area contributed by atoms with Crippen LogP contribution in [0.3, 0.4) is 0 Å². The number of ether oxygens (including phenoxy) is 1. The van der Waals surface area contributed by atoms with Gasteiger partial charge >= 0.3 is 0 Å². The molecule has 1 aliphatic rings. The van der Waals surface area contributed by atoms with Gasteiger partial charge in [0.15, 0.2) is 0 Å². The predicted molar refractivity (Wildman–Crippen MR) is 67.4 cm³/mol. The Balaban J connectivity index is 1.85. The van der Waals surface area contributed by atoms with E-state index >= 15 is 0 Å². The molecule has 17 heavy (non-hydrogen) atoms. The highest BCUT2D eigenvalue weighted by atomic mass is 35.5. The molecule has 2 rings (SSSR count). The van der Waals surface area contributed by atoms with Gasteiger partial charge in [0, 0.05) is 19.0 Å². The summed E-state index contributed by atoms with van der Waals surface area (Å²) < 4.78 is 17.3. The van der Waals surface area contributed by atoms with Gasteiger partial charge in [0.25, 0.3) is 0 Å². The molecular formula is C13H17ClFNO. The maximum Gasteiger partial charge on any atom is 0.137 e. The summed E-state index contributed by atoms with van der Waals surface area (Å²) in [6.07, 6.45) is 2.96. The smallest absolute Gasteiger partial charge is 0.137 e. The number of halogens is 2. The Hall–Kier alpha value is -0.800. The second-order valence-corrected chi connectivity index (χ2v) is 4.72. The minimum absolute atomic E-state index is 0.360. The van der Waals surface area contributed by atoms with E-state index in [1.807, 2.05) is 18.2 Å². The van der Waals surface area contributed by atoms with Crippen LogP contribution in [0.1, 0.15) is 24.8 Å². The molecule has 1 fully saturated rings. The Morgan fingerprint density at radius 2 is 2.24 bits per heavy atom. The van der Waals surface area contributed by atoms with Gasteiger partial charge in [-0.05, 0) is 30.5 Å². The molecule has 0 heterocycles. The molecule has 0 atom stereocenters. The Morgan fingerprint density at radius 3 is 2.88 bits per heavy atom. The monoisotopic (exact) mass is 257 g/mol. The Labute approximate surface area is 106 Å². The zero-order chi connectivity index (χ0) is 12.1. The molecule has 0 unspecified atom stereocenters. The van der Waals surface area contributed by atoms with E-state index in [0.717, 1.165) is 12.1 Å². The van der Waals surface area contributed by atoms with Crippen molar-refractivity contribution in [1.29, 1.82) is 0 Å². The van der Waals surface area contributed by atoms with Crippen molar-refractivity contribution < 1.29 is 9.13 Å². The minimum Gasteiger partial charge on any atom is -0.492 e. The maximum atomic E-state index is 11.9. The van der Waals surface area contributed by atoms with E-state index in [0.29, 0.717) is 29.8 Å². The van der Waals surface area contributed by atoms with Gasteiger partial charge in [-0.1, -0.05) is 17.7 Å². The number of hydrogen-bond donors (Lipinski definition) is 1. The van der Waals surface area contributed by atoms with Gasteiger partial charge in [-0.3, -0.25) is 4.39 Å². The summed E-state index contributed by atoms with van der Waals surface area (Å²) in [5.41, 5.74) is 1.15. The van der Waals surface area contributed by atoms with Crippen LogP contribution >= 0.6 is 11.6 Å². The van der Waals surface area contributed by atoms with Gasteiger partial charge in [0.05, 0.1) is 18.3 Å². The summed E-state index contributed by atoms with van der Waals surface area (Å²) in [6, 6.07) is 6.44. The van der Waals surface area contributed by atoms with Crippen LogP contribution in [-0.4, -0.2) is 19.3 Å². The van der Waals surface area contributed by atoms with Gasteiger partial charge < -0.3 is 10.1 Å². The molecule has 1 aromatic rings. The van der Waals surface area contributed by atoms with Crippen LogP contribution in [0, 0.1) is 0 Å². The Kier molecular flexibility index (Phi) is 4.63. The van der Waals surface area contributed by atoms with Crippen molar-refractivity contribution in [3.63, 3.8) is 0 Å². The fourth-order valence-electron chi connectivity index (χ4n) is 1.56. The highest BCUT2D eigenvalue weighted by Crippen LogP contribution is 2.26. The number of alkyl halides is 1. The average molecular weight is 258 g/mol. The van der Waals surface area contributed by atoms with E-state index < -0.39 is 0 Å². The van der Waals surface area contributed by atoms with Gasteiger partial charge in [-0.15, -0.1) is 0 Å². The molecule has 0 aromatic heterocycles. The first kappa shape index (κ1) is 12.7. The van der Waals surface area contributed by atoms with E-state index in [2.05, 4.69) is 5.32 Å². The molecule has 2 nitrogen and oxygen atoms in total. The van der Waals surface area contributed by atoms with Crippen molar-refractivity contribution in [2.45, 2.75) is 31.8 Å². The number of rotatable bonds is 7. The van der Waals surface area contributed by atoms with E-state index in [1.165, 1.54) is 12.8 Å². The lowest BCUT2D eigenvalue weighted by molar-refractivity contribution is 0.290. The molecule has 0 radical (unpaired) electrons. The molecule has 0 bridgehead atoms. The SMILES string of the molecule is FCCCOc1ccc(CNC2CC2)cc1Cl. The van der Waals surface area contributed by atoms with Gasteiger partial charge in [-0.2, -0.15) is 0 Å². The normalized spacial score (nSPS) is 14.9. The molecule has 0 spiro atoms. The molecule has 1 aromatic carbocycles. The lowest BCUT2D eigenvalue weighted by Gasteiger charge is -2.09. The fourth-order valence-corrected chi connectivity index (χ4v) is 1.82. The van der Waals surface area contributed by atoms with Crippen molar-refractivity contribution in [1.82, 2.24) is 5.32 Å². The molecule has 0 aliphatic heterocycles. The van der Waals surface area contributed by atoms with Crippen molar-refractivity contribution in [3.05, 3.63) is 28.8 Å². The summed E-state index contributed by atoms with van der Waals surface area (Å²) in [4.78, 5) is 0. The topological polar surface area (TPSA) is 21.3 Å². The van der Waals surface area contributed by atoms with Crippen LogP contribution in [0.15, 0.2) is 18.2 Å². The van der Waals surface area contributed by atoms with Gasteiger partial charge in [0.2, 0.25) is 0 Å². The molecule has 1 saturated carbocycles. The first-order valence-corrected chi connectivity index (χ1v) is 6.38. The summed E-state index contributed by atoms with van der Waals surface area (Å²) in [5, 5.41) is 4.02. The first-order chi connectivity index (χ1) is 8.29. The third-order valence-electron chi connectivity index (χ3n) is 2.70. The van der Waals surface area contributed by atoms with E-state index in [4.69, 9.17) is 16.3 Å². The number of benzene rings is 1. The first-order valence-electron chi connectivity index (χ1n) is 6.00. The highest BCUT2D eigenvalue weighted by molar-refractivity contribution is 6.32.